The van der Waals surface area contributed by atoms with Gasteiger partial charge in [-0.05, 0) is 24.3 Å². The van der Waals surface area contributed by atoms with Gasteiger partial charge in [0.15, 0.2) is 0 Å². The van der Waals surface area contributed by atoms with E-state index in [1.807, 2.05) is 0 Å². The van der Waals surface area contributed by atoms with Crippen LogP contribution in [0.15, 0.2) is 24.3 Å². The van der Waals surface area contributed by atoms with Gasteiger partial charge in [0.25, 0.3) is 0 Å². The van der Waals surface area contributed by atoms with Gasteiger partial charge in [-0.1, -0.05) is 15.9 Å². The van der Waals surface area contributed by atoms with E-state index >= 15 is 0 Å². The van der Waals surface area contributed by atoms with Crippen LogP contribution in [0.5, 0.6) is 11.5 Å². The van der Waals surface area contributed by atoms with Crippen LogP contribution in [0.3, 0.4) is 0 Å². The SMILES string of the molecule is O=C(CBr)Oc1ccc(O)cc1. The van der Waals surface area contributed by atoms with Crippen LogP contribution in [-0.4, -0.2) is 16.4 Å². The van der Waals surface area contributed by atoms with Crippen LogP contribution in [0, 0.1) is 0 Å². The molecule has 0 heterocycles. The van der Waals surface area contributed by atoms with Crippen molar-refractivity contribution >= 4 is 21.9 Å². The minimum Gasteiger partial charge on any atom is -0.508 e. The van der Waals surface area contributed by atoms with Crippen molar-refractivity contribution in [2.45, 2.75) is 0 Å². The molecular weight excluding hydrogens is 224 g/mol. The molecular formula is C8H7BrO3. The summed E-state index contributed by atoms with van der Waals surface area (Å²) in [5.41, 5.74) is 0. The van der Waals surface area contributed by atoms with E-state index in [0.29, 0.717) is 5.75 Å². The smallest absolute Gasteiger partial charge is 0.321 e. The Morgan fingerprint density at radius 1 is 1.42 bits per heavy atom. The Morgan fingerprint density at radius 2 is 2.00 bits per heavy atom. The second-order valence-corrected chi connectivity index (χ2v) is 2.66. The number of hydrogen-bond donors (Lipinski definition) is 1. The maximum atomic E-state index is 10.7. The molecule has 64 valence electrons. The van der Waals surface area contributed by atoms with Gasteiger partial charge >= 0.3 is 5.97 Å². The molecule has 0 aromatic heterocycles. The van der Waals surface area contributed by atoms with Crippen LogP contribution in [-0.2, 0) is 4.79 Å². The highest BCUT2D eigenvalue weighted by molar-refractivity contribution is 9.09. The number of esters is 1. The van der Waals surface area contributed by atoms with Gasteiger partial charge < -0.3 is 9.84 Å². The van der Waals surface area contributed by atoms with E-state index in [0.717, 1.165) is 0 Å². The minimum absolute atomic E-state index is 0.147. The fraction of sp³-hybridized carbons (Fsp3) is 0.125. The number of hydrogen-bond acceptors (Lipinski definition) is 3. The van der Waals surface area contributed by atoms with Gasteiger partial charge in [0.05, 0.1) is 0 Å². The molecule has 0 fully saturated rings. The molecule has 0 saturated carbocycles. The molecule has 4 heteroatoms. The van der Waals surface area contributed by atoms with Crippen LogP contribution in [0.1, 0.15) is 0 Å². The molecule has 3 nitrogen and oxygen atoms in total. The van der Waals surface area contributed by atoms with Crippen molar-refractivity contribution in [3.8, 4) is 11.5 Å². The summed E-state index contributed by atoms with van der Waals surface area (Å²) in [6, 6.07) is 5.96. The lowest BCUT2D eigenvalue weighted by atomic mass is 10.3. The summed E-state index contributed by atoms with van der Waals surface area (Å²) in [6.07, 6.45) is 0. The Morgan fingerprint density at radius 3 is 2.50 bits per heavy atom. The second-order valence-electron chi connectivity index (χ2n) is 2.10. The zero-order valence-electron chi connectivity index (χ0n) is 6.16. The van der Waals surface area contributed by atoms with Crippen LogP contribution in [0.25, 0.3) is 0 Å². The van der Waals surface area contributed by atoms with Gasteiger partial charge in [-0.15, -0.1) is 0 Å². The Balaban J connectivity index is 2.64. The summed E-state index contributed by atoms with van der Waals surface area (Å²) in [7, 11) is 0. The third-order valence-corrected chi connectivity index (χ3v) is 1.64. The first kappa shape index (κ1) is 9.06. The summed E-state index contributed by atoms with van der Waals surface area (Å²) >= 11 is 2.96. The van der Waals surface area contributed by atoms with Crippen LogP contribution in [0.4, 0.5) is 0 Å². The first-order chi connectivity index (χ1) is 5.72. The molecule has 0 saturated heterocycles. The molecule has 1 aromatic rings. The summed E-state index contributed by atoms with van der Waals surface area (Å²) in [6.45, 7) is 0. The average Bonchev–Trinajstić information content (AvgIpc) is 2.09. The topological polar surface area (TPSA) is 46.5 Å². The van der Waals surface area contributed by atoms with E-state index < -0.39 is 0 Å². The molecule has 1 rings (SSSR count). The van der Waals surface area contributed by atoms with E-state index in [-0.39, 0.29) is 17.0 Å². The number of rotatable bonds is 2. The van der Waals surface area contributed by atoms with Crippen molar-refractivity contribution in [1.29, 1.82) is 0 Å². The highest BCUT2D eigenvalue weighted by Gasteiger charge is 2.00. The number of carbonyl (C=O) groups excluding carboxylic acids is 1. The van der Waals surface area contributed by atoms with Crippen molar-refractivity contribution in [1.82, 2.24) is 0 Å². The number of benzene rings is 1. The lowest BCUT2D eigenvalue weighted by Crippen LogP contribution is -2.08. The molecule has 1 N–H and O–H groups in total. The number of aromatic hydroxyl groups is 1. The molecule has 0 aliphatic rings. The number of phenolic OH excluding ortho intramolecular Hbond substituents is 1. The van der Waals surface area contributed by atoms with E-state index in [2.05, 4.69) is 15.9 Å². The highest BCUT2D eigenvalue weighted by atomic mass is 79.9. The maximum absolute atomic E-state index is 10.7. The molecule has 0 spiro atoms. The summed E-state index contributed by atoms with van der Waals surface area (Å²) in [4.78, 5) is 10.7. The monoisotopic (exact) mass is 230 g/mol. The molecule has 0 amide bonds. The van der Waals surface area contributed by atoms with Crippen LogP contribution < -0.4 is 4.74 Å². The third-order valence-electron chi connectivity index (χ3n) is 1.18. The van der Waals surface area contributed by atoms with E-state index in [4.69, 9.17) is 9.84 Å². The first-order valence-electron chi connectivity index (χ1n) is 3.28. The van der Waals surface area contributed by atoms with E-state index in [1.165, 1.54) is 24.3 Å². The summed E-state index contributed by atoms with van der Waals surface area (Å²) in [5.74, 6) is 0.214. The average molecular weight is 231 g/mol. The Bertz CT molecular complexity index is 268. The van der Waals surface area contributed by atoms with Crippen LogP contribution >= 0.6 is 15.9 Å². The standard InChI is InChI=1S/C8H7BrO3/c9-5-8(11)12-7-3-1-6(10)2-4-7/h1-4,10H,5H2. The lowest BCUT2D eigenvalue weighted by Gasteiger charge is -2.00. The molecule has 0 aliphatic heterocycles. The zero-order chi connectivity index (χ0) is 8.97. The van der Waals surface area contributed by atoms with Gasteiger partial charge in [-0.2, -0.15) is 0 Å². The molecule has 12 heavy (non-hydrogen) atoms. The molecule has 0 radical (unpaired) electrons. The predicted octanol–water partition coefficient (Wildman–Crippen LogP) is 1.69. The summed E-state index contributed by atoms with van der Waals surface area (Å²) in [5, 5.41) is 9.06. The Hall–Kier alpha value is -1.03. The van der Waals surface area contributed by atoms with E-state index in [1.54, 1.807) is 0 Å². The lowest BCUT2D eigenvalue weighted by molar-refractivity contribution is -0.131. The number of alkyl halides is 1. The van der Waals surface area contributed by atoms with E-state index in [9.17, 15) is 4.79 Å². The predicted molar refractivity (Wildman–Crippen MR) is 47.5 cm³/mol. The highest BCUT2D eigenvalue weighted by Crippen LogP contribution is 2.15. The maximum Gasteiger partial charge on any atom is 0.321 e. The molecule has 0 atom stereocenters. The van der Waals surface area contributed by atoms with Crippen molar-refractivity contribution in [2.24, 2.45) is 0 Å². The van der Waals surface area contributed by atoms with Gasteiger partial charge in [0, 0.05) is 0 Å². The van der Waals surface area contributed by atoms with Crippen molar-refractivity contribution < 1.29 is 14.6 Å². The Labute approximate surface area is 78.1 Å². The second kappa shape index (κ2) is 4.11. The molecule has 1 aromatic carbocycles. The zero-order valence-corrected chi connectivity index (χ0v) is 7.74. The number of halogens is 1. The number of phenols is 1. The van der Waals surface area contributed by atoms with Gasteiger partial charge in [-0.3, -0.25) is 4.79 Å². The van der Waals surface area contributed by atoms with Crippen LogP contribution in [0.2, 0.25) is 0 Å². The Kier molecular flexibility index (Phi) is 3.10. The van der Waals surface area contributed by atoms with Crippen molar-refractivity contribution in [2.75, 3.05) is 5.33 Å². The largest absolute Gasteiger partial charge is 0.508 e. The summed E-state index contributed by atoms with van der Waals surface area (Å²) < 4.78 is 4.82. The fourth-order valence-corrected chi connectivity index (χ4v) is 0.787. The number of carbonyl (C=O) groups is 1. The van der Waals surface area contributed by atoms with Gasteiger partial charge in [-0.25, -0.2) is 0 Å². The molecule has 0 aliphatic carbocycles. The van der Waals surface area contributed by atoms with Crippen molar-refractivity contribution in [3.05, 3.63) is 24.3 Å². The minimum atomic E-state index is -0.360. The van der Waals surface area contributed by atoms with Gasteiger partial charge in [0.2, 0.25) is 0 Å². The molecule has 0 unspecified atom stereocenters. The molecule has 0 bridgehead atoms. The normalized spacial score (nSPS) is 9.42. The quantitative estimate of drug-likeness (QED) is 0.478. The third kappa shape index (κ3) is 2.54. The fourth-order valence-electron chi connectivity index (χ4n) is 0.673. The number of ether oxygens (including phenoxy) is 1. The van der Waals surface area contributed by atoms with Crippen molar-refractivity contribution in [3.63, 3.8) is 0 Å². The van der Waals surface area contributed by atoms with Gasteiger partial charge in [0.1, 0.15) is 16.8 Å². The first-order valence-corrected chi connectivity index (χ1v) is 4.40.